The van der Waals surface area contributed by atoms with E-state index in [9.17, 15) is 4.79 Å². The van der Waals surface area contributed by atoms with E-state index in [2.05, 4.69) is 48.3 Å². The van der Waals surface area contributed by atoms with E-state index in [1.54, 1.807) is 0 Å². The molecule has 1 fully saturated rings. The first-order valence-electron chi connectivity index (χ1n) is 7.26. The predicted molar refractivity (Wildman–Crippen MR) is 77.8 cm³/mol. The van der Waals surface area contributed by atoms with E-state index in [4.69, 9.17) is 0 Å². The van der Waals surface area contributed by atoms with Gasteiger partial charge in [-0.25, -0.2) is 0 Å². The summed E-state index contributed by atoms with van der Waals surface area (Å²) in [5.74, 6) is 0.150. The molecule has 0 spiro atoms. The Kier molecular flexibility index (Phi) is 4.97. The van der Waals surface area contributed by atoms with Gasteiger partial charge in [0.1, 0.15) is 0 Å². The summed E-state index contributed by atoms with van der Waals surface area (Å²) in [7, 11) is 0. The van der Waals surface area contributed by atoms with E-state index in [-0.39, 0.29) is 11.9 Å². The minimum atomic E-state index is 0.150. The Morgan fingerprint density at radius 1 is 1.37 bits per heavy atom. The molecule has 104 valence electrons. The fraction of sp³-hybridized carbons (Fsp3) is 0.562. The highest BCUT2D eigenvalue weighted by molar-refractivity contribution is 5.78. The third-order valence-corrected chi connectivity index (χ3v) is 3.66. The summed E-state index contributed by atoms with van der Waals surface area (Å²) in [4.78, 5) is 14.3. The second kappa shape index (κ2) is 6.71. The molecule has 0 radical (unpaired) electrons. The number of hydrogen-bond acceptors (Lipinski definition) is 2. The van der Waals surface area contributed by atoms with Gasteiger partial charge in [0.25, 0.3) is 0 Å². The number of nitrogens with one attached hydrogen (secondary N) is 1. The summed E-state index contributed by atoms with van der Waals surface area (Å²) in [5.41, 5.74) is 1.28. The number of benzene rings is 1. The van der Waals surface area contributed by atoms with Crippen LogP contribution in [-0.4, -0.2) is 29.4 Å². The maximum Gasteiger partial charge on any atom is 0.234 e. The quantitative estimate of drug-likeness (QED) is 0.817. The molecule has 1 aliphatic rings. The van der Waals surface area contributed by atoms with Gasteiger partial charge < -0.3 is 5.32 Å². The van der Waals surface area contributed by atoms with Crippen molar-refractivity contribution in [1.29, 1.82) is 0 Å². The van der Waals surface area contributed by atoms with Crippen molar-refractivity contribution < 1.29 is 4.79 Å². The van der Waals surface area contributed by atoms with Gasteiger partial charge in [0.15, 0.2) is 0 Å². The van der Waals surface area contributed by atoms with Crippen LogP contribution in [0.25, 0.3) is 0 Å². The van der Waals surface area contributed by atoms with Crippen molar-refractivity contribution in [2.24, 2.45) is 0 Å². The molecule has 1 amide bonds. The van der Waals surface area contributed by atoms with Crippen molar-refractivity contribution in [3.63, 3.8) is 0 Å². The first-order chi connectivity index (χ1) is 9.19. The Morgan fingerprint density at radius 2 is 2.05 bits per heavy atom. The average Bonchev–Trinajstić information content (AvgIpc) is 3.23. The maximum absolute atomic E-state index is 12.0. The molecule has 1 saturated carbocycles. The number of nitrogens with zero attached hydrogens (tertiary/aromatic N) is 1. The molecule has 3 heteroatoms. The lowest BCUT2D eigenvalue weighted by molar-refractivity contribution is -0.123. The molecule has 0 heterocycles. The van der Waals surface area contributed by atoms with Crippen LogP contribution >= 0.6 is 0 Å². The molecular weight excluding hydrogens is 236 g/mol. The second-order valence-corrected chi connectivity index (χ2v) is 5.50. The van der Waals surface area contributed by atoms with Crippen LogP contribution in [0.5, 0.6) is 0 Å². The molecule has 1 atom stereocenters. The number of hydrogen-bond donors (Lipinski definition) is 1. The minimum Gasteiger partial charge on any atom is -0.353 e. The zero-order valence-electron chi connectivity index (χ0n) is 11.9. The molecule has 1 aromatic rings. The molecule has 0 unspecified atom stereocenters. The van der Waals surface area contributed by atoms with Crippen molar-refractivity contribution in [2.45, 2.75) is 51.7 Å². The lowest BCUT2D eigenvalue weighted by atomic mass is 10.2. The molecule has 1 N–H and O–H groups in total. The predicted octanol–water partition coefficient (Wildman–Crippen LogP) is 2.57. The smallest absolute Gasteiger partial charge is 0.234 e. The molecule has 1 aliphatic carbocycles. The highest BCUT2D eigenvalue weighted by Gasteiger charge is 2.30. The number of carbonyl (C=O) groups is 1. The summed E-state index contributed by atoms with van der Waals surface area (Å²) < 4.78 is 0. The Hall–Kier alpha value is -1.35. The maximum atomic E-state index is 12.0. The van der Waals surface area contributed by atoms with Gasteiger partial charge in [-0.2, -0.15) is 0 Å². The molecule has 2 rings (SSSR count). The third kappa shape index (κ3) is 4.67. The number of carbonyl (C=O) groups excluding carboxylic acids is 1. The summed E-state index contributed by atoms with van der Waals surface area (Å²) in [6.07, 6.45) is 3.43. The van der Waals surface area contributed by atoms with Crippen LogP contribution in [0, 0.1) is 0 Å². The number of amides is 1. The van der Waals surface area contributed by atoms with Crippen LogP contribution in [0.3, 0.4) is 0 Å². The van der Waals surface area contributed by atoms with Crippen LogP contribution in [-0.2, 0) is 11.3 Å². The van der Waals surface area contributed by atoms with Crippen LogP contribution < -0.4 is 5.32 Å². The fourth-order valence-corrected chi connectivity index (χ4v) is 2.18. The van der Waals surface area contributed by atoms with Crippen LogP contribution in [0.2, 0.25) is 0 Å². The topological polar surface area (TPSA) is 32.3 Å². The van der Waals surface area contributed by atoms with E-state index >= 15 is 0 Å². The van der Waals surface area contributed by atoms with Gasteiger partial charge in [0, 0.05) is 18.6 Å². The van der Waals surface area contributed by atoms with Gasteiger partial charge >= 0.3 is 0 Å². The average molecular weight is 260 g/mol. The van der Waals surface area contributed by atoms with E-state index < -0.39 is 0 Å². The van der Waals surface area contributed by atoms with Gasteiger partial charge in [-0.15, -0.1) is 0 Å². The summed E-state index contributed by atoms with van der Waals surface area (Å²) >= 11 is 0. The molecular formula is C16H24N2O. The van der Waals surface area contributed by atoms with Crippen molar-refractivity contribution in [2.75, 3.05) is 6.54 Å². The minimum absolute atomic E-state index is 0.150. The first-order valence-corrected chi connectivity index (χ1v) is 7.26. The van der Waals surface area contributed by atoms with Crippen LogP contribution in [0.4, 0.5) is 0 Å². The Labute approximate surface area is 116 Å². The van der Waals surface area contributed by atoms with Gasteiger partial charge in [0.05, 0.1) is 6.54 Å². The molecule has 1 aromatic carbocycles. The fourth-order valence-electron chi connectivity index (χ4n) is 2.18. The zero-order valence-corrected chi connectivity index (χ0v) is 11.9. The molecule has 0 aromatic heterocycles. The molecule has 0 aliphatic heterocycles. The molecule has 19 heavy (non-hydrogen) atoms. The lowest BCUT2D eigenvalue weighted by Gasteiger charge is -2.22. The highest BCUT2D eigenvalue weighted by Crippen LogP contribution is 2.27. The van der Waals surface area contributed by atoms with Gasteiger partial charge in [-0.3, -0.25) is 9.69 Å². The largest absolute Gasteiger partial charge is 0.353 e. The van der Waals surface area contributed by atoms with E-state index in [0.717, 1.165) is 13.0 Å². The normalized spacial score (nSPS) is 16.4. The Bertz CT molecular complexity index is 400. The van der Waals surface area contributed by atoms with Crippen molar-refractivity contribution in [1.82, 2.24) is 10.2 Å². The SMILES string of the molecule is CC[C@@H](C)NC(=O)CN(Cc1ccccc1)C1CC1. The lowest BCUT2D eigenvalue weighted by Crippen LogP contribution is -2.41. The second-order valence-electron chi connectivity index (χ2n) is 5.50. The van der Waals surface area contributed by atoms with Gasteiger partial charge in [0.2, 0.25) is 5.91 Å². The van der Waals surface area contributed by atoms with E-state index in [1.165, 1.54) is 18.4 Å². The zero-order chi connectivity index (χ0) is 13.7. The molecule has 3 nitrogen and oxygen atoms in total. The van der Waals surface area contributed by atoms with Gasteiger partial charge in [-0.1, -0.05) is 37.3 Å². The van der Waals surface area contributed by atoms with Crippen molar-refractivity contribution in [3.05, 3.63) is 35.9 Å². The Balaban J connectivity index is 1.88. The highest BCUT2D eigenvalue weighted by atomic mass is 16.2. The summed E-state index contributed by atoms with van der Waals surface area (Å²) in [6, 6.07) is 11.3. The van der Waals surface area contributed by atoms with Crippen LogP contribution in [0.1, 0.15) is 38.7 Å². The first kappa shape index (κ1) is 14.1. The third-order valence-electron chi connectivity index (χ3n) is 3.66. The summed E-state index contributed by atoms with van der Waals surface area (Å²) in [5, 5.41) is 3.05. The monoisotopic (exact) mass is 260 g/mol. The molecule has 0 saturated heterocycles. The number of rotatable bonds is 7. The van der Waals surface area contributed by atoms with E-state index in [0.29, 0.717) is 12.6 Å². The van der Waals surface area contributed by atoms with Crippen molar-refractivity contribution in [3.8, 4) is 0 Å². The summed E-state index contributed by atoms with van der Waals surface area (Å²) in [6.45, 7) is 5.54. The van der Waals surface area contributed by atoms with Crippen molar-refractivity contribution >= 4 is 5.91 Å². The Morgan fingerprint density at radius 3 is 2.63 bits per heavy atom. The molecule has 0 bridgehead atoms. The standard InChI is InChI=1S/C16H24N2O/c1-3-13(2)17-16(19)12-18(15-9-10-15)11-14-7-5-4-6-8-14/h4-8,13,15H,3,9-12H2,1-2H3,(H,17,19)/t13-/m1/s1. The van der Waals surface area contributed by atoms with E-state index in [1.807, 2.05) is 6.07 Å². The van der Waals surface area contributed by atoms with Crippen LogP contribution in [0.15, 0.2) is 30.3 Å². The van der Waals surface area contributed by atoms with Gasteiger partial charge in [-0.05, 0) is 31.7 Å².